The van der Waals surface area contributed by atoms with Gasteiger partial charge in [0.25, 0.3) is 0 Å². The van der Waals surface area contributed by atoms with Crippen molar-refractivity contribution in [3.05, 3.63) is 0 Å². The molecule has 5 heteroatoms. The Bertz CT molecular complexity index is 205. The van der Waals surface area contributed by atoms with Crippen LogP contribution in [-0.2, 0) is 11.0 Å². The molecule has 0 aromatic carbocycles. The zero-order valence-corrected chi connectivity index (χ0v) is 8.01. The van der Waals surface area contributed by atoms with Gasteiger partial charge in [-0.25, -0.2) is 8.51 Å². The van der Waals surface area contributed by atoms with E-state index in [1.165, 1.54) is 0 Å². The molecule has 0 N–H and O–H groups in total. The van der Waals surface area contributed by atoms with Crippen molar-refractivity contribution in [3.63, 3.8) is 0 Å². The van der Waals surface area contributed by atoms with Gasteiger partial charge >= 0.3 is 0 Å². The maximum Gasteiger partial charge on any atom is 0.0911 e. The minimum Gasteiger partial charge on any atom is -0.288 e. The Kier molecular flexibility index (Phi) is 3.66. The fourth-order valence-electron chi connectivity index (χ4n) is 1.24. The van der Waals surface area contributed by atoms with Crippen LogP contribution in [0.4, 0.5) is 0 Å². The maximum absolute atomic E-state index is 11.0. The molecule has 0 radical (unpaired) electrons. The van der Waals surface area contributed by atoms with Gasteiger partial charge < -0.3 is 0 Å². The van der Waals surface area contributed by atoms with Crippen LogP contribution in [-0.4, -0.2) is 52.4 Å². The fourth-order valence-corrected chi connectivity index (χ4v) is 1.92. The van der Waals surface area contributed by atoms with Gasteiger partial charge in [0.2, 0.25) is 0 Å². The Morgan fingerprint density at radius 3 is 2.42 bits per heavy atom. The van der Waals surface area contributed by atoms with Gasteiger partial charge in [-0.2, -0.15) is 5.26 Å². The van der Waals surface area contributed by atoms with Crippen LogP contribution >= 0.6 is 0 Å². The van der Waals surface area contributed by atoms with Gasteiger partial charge in [0.15, 0.2) is 0 Å². The lowest BCUT2D eigenvalue weighted by atomic mass is 10.4. The minimum absolute atomic E-state index is 0.490. The Morgan fingerprint density at radius 2 is 2.00 bits per heavy atom. The number of nitrogens with zero attached hydrogens (tertiary/aromatic N) is 3. The van der Waals surface area contributed by atoms with Gasteiger partial charge in [-0.1, -0.05) is 0 Å². The van der Waals surface area contributed by atoms with Gasteiger partial charge in [-0.3, -0.25) is 4.90 Å². The quantitative estimate of drug-likeness (QED) is 0.543. The second-order valence-electron chi connectivity index (χ2n) is 2.79. The monoisotopic (exact) mass is 187 g/mol. The molecule has 4 nitrogen and oxygen atoms in total. The zero-order chi connectivity index (χ0) is 8.97. The molecule has 1 unspecified atom stereocenters. The third kappa shape index (κ3) is 2.55. The normalized spacial score (nSPS) is 23.3. The summed E-state index contributed by atoms with van der Waals surface area (Å²) in [5.74, 6) is 0. The van der Waals surface area contributed by atoms with Crippen molar-refractivity contribution in [1.29, 1.82) is 5.26 Å². The molecule has 1 saturated heterocycles. The molecule has 0 bridgehead atoms. The molecule has 68 valence electrons. The highest BCUT2D eigenvalue weighted by molar-refractivity contribution is 7.81. The summed E-state index contributed by atoms with van der Waals surface area (Å²) in [4.78, 5) is 2.07. The first-order valence-electron chi connectivity index (χ1n) is 3.92. The summed E-state index contributed by atoms with van der Waals surface area (Å²) in [5, 5.41) is 8.43. The van der Waals surface area contributed by atoms with Gasteiger partial charge in [0.05, 0.1) is 23.6 Å². The molecule has 1 rings (SSSR count). The summed E-state index contributed by atoms with van der Waals surface area (Å²) in [6, 6.07) is 2.11. The predicted molar refractivity (Wildman–Crippen MR) is 47.7 cm³/mol. The van der Waals surface area contributed by atoms with E-state index in [1.807, 2.05) is 4.31 Å². The molecule has 0 saturated carbocycles. The van der Waals surface area contributed by atoms with Crippen molar-refractivity contribution in [2.45, 2.75) is 0 Å². The third-order valence-electron chi connectivity index (χ3n) is 1.99. The second-order valence-corrected chi connectivity index (χ2v) is 4.15. The first-order valence-corrected chi connectivity index (χ1v) is 5.43. The highest BCUT2D eigenvalue weighted by atomic mass is 32.2. The van der Waals surface area contributed by atoms with E-state index in [9.17, 15) is 4.21 Å². The van der Waals surface area contributed by atoms with Crippen LogP contribution in [0.1, 0.15) is 0 Å². The standard InChI is InChI=1S/C7H13N3OS/c1-12(11)10-6-4-9(3-2-8)5-7-10/h3-7H2,1H3. The van der Waals surface area contributed by atoms with Gasteiger partial charge in [0, 0.05) is 32.4 Å². The van der Waals surface area contributed by atoms with Crippen molar-refractivity contribution in [2.24, 2.45) is 0 Å². The van der Waals surface area contributed by atoms with E-state index in [1.54, 1.807) is 6.26 Å². The molecule has 12 heavy (non-hydrogen) atoms. The molecule has 0 aromatic rings. The van der Waals surface area contributed by atoms with E-state index in [-0.39, 0.29) is 0 Å². The SMILES string of the molecule is CS(=O)N1CCN(CC#N)CC1. The first kappa shape index (κ1) is 9.65. The van der Waals surface area contributed by atoms with E-state index in [4.69, 9.17) is 5.26 Å². The topological polar surface area (TPSA) is 47.3 Å². The lowest BCUT2D eigenvalue weighted by Crippen LogP contribution is -2.46. The summed E-state index contributed by atoms with van der Waals surface area (Å²) >= 11 is 0. The van der Waals surface area contributed by atoms with E-state index < -0.39 is 11.0 Å². The van der Waals surface area contributed by atoms with E-state index in [0.717, 1.165) is 26.2 Å². The molecule has 1 atom stereocenters. The van der Waals surface area contributed by atoms with Crippen LogP contribution in [0.15, 0.2) is 0 Å². The summed E-state index contributed by atoms with van der Waals surface area (Å²) in [7, 11) is -0.847. The van der Waals surface area contributed by atoms with Crippen LogP contribution in [0.3, 0.4) is 0 Å². The van der Waals surface area contributed by atoms with E-state index in [0.29, 0.717) is 6.54 Å². The van der Waals surface area contributed by atoms with Crippen molar-refractivity contribution in [1.82, 2.24) is 9.21 Å². The summed E-state index contributed by atoms with van der Waals surface area (Å²) in [6.45, 7) is 3.82. The second kappa shape index (κ2) is 4.55. The number of hydrogen-bond donors (Lipinski definition) is 0. The maximum atomic E-state index is 11.0. The smallest absolute Gasteiger partial charge is 0.0911 e. The van der Waals surface area contributed by atoms with Crippen molar-refractivity contribution < 1.29 is 4.21 Å². The van der Waals surface area contributed by atoms with Crippen molar-refractivity contribution >= 4 is 11.0 Å². The van der Waals surface area contributed by atoms with Gasteiger partial charge in [-0.15, -0.1) is 0 Å². The average Bonchev–Trinajstić information content (AvgIpc) is 2.06. The van der Waals surface area contributed by atoms with Gasteiger partial charge in [-0.05, 0) is 0 Å². The first-order chi connectivity index (χ1) is 5.74. The van der Waals surface area contributed by atoms with Crippen molar-refractivity contribution in [3.8, 4) is 6.07 Å². The average molecular weight is 187 g/mol. The Balaban J connectivity index is 2.30. The lowest BCUT2D eigenvalue weighted by Gasteiger charge is -2.31. The summed E-state index contributed by atoms with van der Waals surface area (Å²) < 4.78 is 12.9. The van der Waals surface area contributed by atoms with Crippen LogP contribution in [0, 0.1) is 11.3 Å². The van der Waals surface area contributed by atoms with Crippen LogP contribution in [0.5, 0.6) is 0 Å². The van der Waals surface area contributed by atoms with Gasteiger partial charge in [0.1, 0.15) is 0 Å². The summed E-state index contributed by atoms with van der Waals surface area (Å²) in [6.07, 6.45) is 1.69. The fraction of sp³-hybridized carbons (Fsp3) is 0.857. The number of piperazine rings is 1. The van der Waals surface area contributed by atoms with Crippen LogP contribution < -0.4 is 0 Å². The van der Waals surface area contributed by atoms with Crippen LogP contribution in [0.25, 0.3) is 0 Å². The zero-order valence-electron chi connectivity index (χ0n) is 7.19. The van der Waals surface area contributed by atoms with E-state index >= 15 is 0 Å². The summed E-state index contributed by atoms with van der Waals surface area (Å²) in [5.41, 5.74) is 0. The van der Waals surface area contributed by atoms with E-state index in [2.05, 4.69) is 11.0 Å². The Morgan fingerprint density at radius 1 is 1.42 bits per heavy atom. The Labute approximate surface area is 75.3 Å². The van der Waals surface area contributed by atoms with Crippen LogP contribution in [0.2, 0.25) is 0 Å². The molecule has 0 aromatic heterocycles. The third-order valence-corrected chi connectivity index (χ3v) is 3.08. The highest BCUT2D eigenvalue weighted by Gasteiger charge is 2.17. The molecule has 1 fully saturated rings. The largest absolute Gasteiger partial charge is 0.288 e. The molecule has 1 aliphatic heterocycles. The molecular weight excluding hydrogens is 174 g/mol. The Hall–Kier alpha value is -0.440. The number of nitriles is 1. The molecule has 1 heterocycles. The minimum atomic E-state index is -0.847. The number of hydrogen-bond acceptors (Lipinski definition) is 3. The van der Waals surface area contributed by atoms with Crippen molar-refractivity contribution in [2.75, 3.05) is 39.0 Å². The molecule has 1 aliphatic rings. The lowest BCUT2D eigenvalue weighted by molar-refractivity contribution is 0.212. The molecule has 0 amide bonds. The predicted octanol–water partition coefficient (Wildman–Crippen LogP) is -0.579. The highest BCUT2D eigenvalue weighted by Crippen LogP contribution is 2.01. The molecular formula is C7H13N3OS. The number of rotatable bonds is 2. The molecule has 0 spiro atoms. The molecule has 0 aliphatic carbocycles.